The minimum absolute atomic E-state index is 0.00702. The van der Waals surface area contributed by atoms with Crippen molar-refractivity contribution in [2.45, 2.75) is 19.8 Å². The van der Waals surface area contributed by atoms with E-state index in [1.165, 1.54) is 12.1 Å². The summed E-state index contributed by atoms with van der Waals surface area (Å²) in [5, 5.41) is 10.2. The summed E-state index contributed by atoms with van der Waals surface area (Å²) in [6, 6.07) is 11.7. The molecule has 1 heterocycles. The van der Waals surface area contributed by atoms with Crippen LogP contribution in [0.3, 0.4) is 0 Å². The van der Waals surface area contributed by atoms with Crippen LogP contribution in [0, 0.1) is 12.7 Å². The molecule has 1 aromatic heterocycles. The van der Waals surface area contributed by atoms with E-state index in [0.717, 1.165) is 11.1 Å². The summed E-state index contributed by atoms with van der Waals surface area (Å²) in [5.41, 5.74) is 2.27. The van der Waals surface area contributed by atoms with Crippen molar-refractivity contribution >= 4 is 23.2 Å². The van der Waals surface area contributed by atoms with Crippen molar-refractivity contribution in [1.29, 1.82) is 0 Å². The average molecular weight is 359 g/mol. The monoisotopic (exact) mass is 358 g/mol. The van der Waals surface area contributed by atoms with Crippen LogP contribution in [0.15, 0.2) is 42.5 Å². The molecule has 0 saturated carbocycles. The number of amides is 1. The number of H-pyrrole nitrogens is 1. The van der Waals surface area contributed by atoms with Crippen LogP contribution in [0.1, 0.15) is 22.8 Å². The number of halogens is 2. The lowest BCUT2D eigenvalue weighted by Gasteiger charge is -2.07. The van der Waals surface area contributed by atoms with Crippen LogP contribution in [-0.2, 0) is 17.6 Å². The number of aryl methyl sites for hydroxylation is 1. The Kier molecular flexibility index (Phi) is 5.09. The fraction of sp³-hybridized carbons (Fsp3) is 0.167. The topological polar surface area (TPSA) is 70.7 Å². The molecule has 128 valence electrons. The van der Waals surface area contributed by atoms with Crippen LogP contribution in [-0.4, -0.2) is 21.1 Å². The summed E-state index contributed by atoms with van der Waals surface area (Å²) in [4.78, 5) is 16.4. The zero-order chi connectivity index (χ0) is 17.8. The van der Waals surface area contributed by atoms with Gasteiger partial charge < -0.3 is 5.32 Å². The Labute approximate surface area is 149 Å². The van der Waals surface area contributed by atoms with Gasteiger partial charge in [-0.05, 0) is 42.3 Å². The molecule has 25 heavy (non-hydrogen) atoms. The number of aromatic nitrogens is 3. The molecule has 0 aliphatic carbocycles. The van der Waals surface area contributed by atoms with Crippen molar-refractivity contribution in [3.05, 3.63) is 76.1 Å². The molecule has 3 rings (SSSR count). The van der Waals surface area contributed by atoms with Crippen LogP contribution in [0.5, 0.6) is 0 Å². The Balaban J connectivity index is 1.61. The van der Waals surface area contributed by atoms with Gasteiger partial charge in [0.1, 0.15) is 11.6 Å². The van der Waals surface area contributed by atoms with Crippen molar-refractivity contribution in [3.8, 4) is 0 Å². The van der Waals surface area contributed by atoms with Gasteiger partial charge in [0.05, 0.1) is 6.42 Å². The van der Waals surface area contributed by atoms with Crippen LogP contribution in [0.4, 0.5) is 10.1 Å². The van der Waals surface area contributed by atoms with Crippen LogP contribution in [0.2, 0.25) is 5.02 Å². The molecule has 1 amide bonds. The van der Waals surface area contributed by atoms with E-state index in [1.54, 1.807) is 13.0 Å². The Bertz CT molecular complexity index is 892. The molecule has 0 unspecified atom stereocenters. The molecular weight excluding hydrogens is 343 g/mol. The van der Waals surface area contributed by atoms with Gasteiger partial charge in [-0.2, -0.15) is 5.10 Å². The first-order valence-corrected chi connectivity index (χ1v) is 8.08. The third-order valence-corrected chi connectivity index (χ3v) is 3.91. The third kappa shape index (κ3) is 4.64. The lowest BCUT2D eigenvalue weighted by atomic mass is 10.1. The molecule has 5 nitrogen and oxygen atoms in total. The summed E-state index contributed by atoms with van der Waals surface area (Å²) >= 11 is 5.86. The van der Waals surface area contributed by atoms with Gasteiger partial charge >= 0.3 is 0 Å². The number of nitrogens with one attached hydrogen (secondary N) is 2. The van der Waals surface area contributed by atoms with Gasteiger partial charge in [0.25, 0.3) is 0 Å². The van der Waals surface area contributed by atoms with Gasteiger partial charge in [0, 0.05) is 17.1 Å². The predicted octanol–water partition coefficient (Wildman–Crippen LogP) is 3.68. The van der Waals surface area contributed by atoms with E-state index in [1.807, 2.05) is 24.3 Å². The average Bonchev–Trinajstić information content (AvgIpc) is 3.00. The lowest BCUT2D eigenvalue weighted by Crippen LogP contribution is -2.16. The quantitative estimate of drug-likeness (QED) is 0.731. The highest BCUT2D eigenvalue weighted by atomic mass is 35.5. The lowest BCUT2D eigenvalue weighted by molar-refractivity contribution is -0.115. The maximum Gasteiger partial charge on any atom is 0.232 e. The summed E-state index contributed by atoms with van der Waals surface area (Å²) < 4.78 is 13.3. The first kappa shape index (κ1) is 17.1. The molecule has 2 aromatic carbocycles. The second kappa shape index (κ2) is 7.44. The zero-order valence-corrected chi connectivity index (χ0v) is 14.3. The van der Waals surface area contributed by atoms with Gasteiger partial charge in [0.15, 0.2) is 5.82 Å². The van der Waals surface area contributed by atoms with Crippen molar-refractivity contribution in [1.82, 2.24) is 15.2 Å². The van der Waals surface area contributed by atoms with Crippen molar-refractivity contribution in [2.75, 3.05) is 5.32 Å². The number of aromatic amines is 1. The fourth-order valence-electron chi connectivity index (χ4n) is 2.36. The van der Waals surface area contributed by atoms with Gasteiger partial charge in [0.2, 0.25) is 5.91 Å². The number of carbonyl (C=O) groups excluding carboxylic acids is 1. The first-order chi connectivity index (χ1) is 12.0. The number of carbonyl (C=O) groups is 1. The molecule has 0 bridgehead atoms. The number of benzene rings is 2. The summed E-state index contributed by atoms with van der Waals surface area (Å²) in [5.74, 6) is 0.345. The summed E-state index contributed by atoms with van der Waals surface area (Å²) in [6.45, 7) is 1.80. The molecule has 0 saturated heterocycles. The van der Waals surface area contributed by atoms with E-state index >= 15 is 0 Å². The number of nitrogens with zero attached hydrogens (tertiary/aromatic N) is 2. The van der Waals surface area contributed by atoms with Crippen molar-refractivity contribution in [2.24, 2.45) is 0 Å². The molecule has 0 atom stereocenters. The Hall–Kier alpha value is -2.73. The fourth-order valence-corrected chi connectivity index (χ4v) is 2.48. The van der Waals surface area contributed by atoms with E-state index in [-0.39, 0.29) is 12.3 Å². The van der Waals surface area contributed by atoms with Gasteiger partial charge in [-0.25, -0.2) is 9.37 Å². The molecule has 0 fully saturated rings. The number of hydrogen-bond acceptors (Lipinski definition) is 3. The van der Waals surface area contributed by atoms with E-state index < -0.39 is 5.82 Å². The van der Waals surface area contributed by atoms with E-state index in [4.69, 9.17) is 11.6 Å². The first-order valence-electron chi connectivity index (χ1n) is 7.70. The summed E-state index contributed by atoms with van der Waals surface area (Å²) in [7, 11) is 0. The number of rotatable bonds is 5. The van der Waals surface area contributed by atoms with Crippen LogP contribution in [0.25, 0.3) is 0 Å². The highest BCUT2D eigenvalue weighted by molar-refractivity contribution is 6.30. The summed E-state index contributed by atoms with van der Waals surface area (Å²) in [6.07, 6.45) is 0.571. The number of hydrogen-bond donors (Lipinski definition) is 2. The maximum absolute atomic E-state index is 13.3. The normalized spacial score (nSPS) is 10.7. The molecule has 0 radical (unpaired) electrons. The Morgan fingerprint density at radius 1 is 1.24 bits per heavy atom. The van der Waals surface area contributed by atoms with E-state index in [2.05, 4.69) is 20.5 Å². The molecule has 0 spiro atoms. The third-order valence-electron chi connectivity index (χ3n) is 3.66. The highest BCUT2D eigenvalue weighted by Gasteiger charge is 2.11. The van der Waals surface area contributed by atoms with Gasteiger partial charge in [-0.3, -0.25) is 9.89 Å². The van der Waals surface area contributed by atoms with Crippen molar-refractivity contribution < 1.29 is 9.18 Å². The second-order valence-corrected chi connectivity index (χ2v) is 6.12. The van der Waals surface area contributed by atoms with Gasteiger partial charge in [-0.15, -0.1) is 0 Å². The SMILES string of the molecule is Cc1ccc(F)cc1NC(=O)Cc1n[nH]c(Cc2ccc(Cl)cc2)n1. The van der Waals surface area contributed by atoms with E-state index in [0.29, 0.717) is 28.8 Å². The van der Waals surface area contributed by atoms with Crippen LogP contribution >= 0.6 is 11.6 Å². The Morgan fingerprint density at radius 2 is 2.00 bits per heavy atom. The second-order valence-electron chi connectivity index (χ2n) is 5.69. The highest BCUT2D eigenvalue weighted by Crippen LogP contribution is 2.16. The Morgan fingerprint density at radius 3 is 2.76 bits per heavy atom. The molecule has 7 heteroatoms. The van der Waals surface area contributed by atoms with Crippen molar-refractivity contribution in [3.63, 3.8) is 0 Å². The maximum atomic E-state index is 13.3. The predicted molar refractivity (Wildman–Crippen MR) is 94.1 cm³/mol. The zero-order valence-electron chi connectivity index (χ0n) is 13.5. The minimum Gasteiger partial charge on any atom is -0.325 e. The van der Waals surface area contributed by atoms with Gasteiger partial charge in [-0.1, -0.05) is 29.8 Å². The van der Waals surface area contributed by atoms with E-state index in [9.17, 15) is 9.18 Å². The molecular formula is C18H16ClFN4O. The molecule has 3 aromatic rings. The number of anilines is 1. The molecule has 0 aliphatic heterocycles. The largest absolute Gasteiger partial charge is 0.325 e. The molecule has 2 N–H and O–H groups in total. The standard InChI is InChI=1S/C18H16ClFN4O/c1-11-2-7-14(20)9-15(11)21-18(25)10-17-22-16(23-24-17)8-12-3-5-13(19)6-4-12/h2-7,9H,8,10H2,1H3,(H,21,25)(H,22,23,24). The minimum atomic E-state index is -0.399. The smallest absolute Gasteiger partial charge is 0.232 e. The van der Waals surface area contributed by atoms with Crippen LogP contribution < -0.4 is 5.32 Å². The molecule has 0 aliphatic rings.